The van der Waals surface area contributed by atoms with Crippen molar-refractivity contribution < 1.29 is 14.3 Å². The zero-order valence-electron chi connectivity index (χ0n) is 16.0. The molecule has 3 atom stereocenters. The molecular formula is C21H25N3O3S. The summed E-state index contributed by atoms with van der Waals surface area (Å²) < 4.78 is 5.69. The molecule has 1 aromatic carbocycles. The van der Waals surface area contributed by atoms with E-state index in [2.05, 4.69) is 10.3 Å². The molecule has 2 aliphatic heterocycles. The molecule has 0 spiro atoms. The minimum absolute atomic E-state index is 0.00983. The first-order chi connectivity index (χ1) is 13.6. The van der Waals surface area contributed by atoms with Crippen molar-refractivity contribution in [1.82, 2.24) is 15.2 Å². The molecule has 0 radical (unpaired) electrons. The minimum atomic E-state index is -0.602. The Kier molecular flexibility index (Phi) is 5.35. The van der Waals surface area contributed by atoms with Crippen LogP contribution in [0.2, 0.25) is 0 Å². The normalized spacial score (nSPS) is 25.7. The van der Waals surface area contributed by atoms with Crippen LogP contribution < -0.4 is 10.1 Å². The number of carbonyl (C=O) groups excluding carboxylic acids is 2. The number of benzene rings is 1. The number of hydrogen-bond acceptors (Lipinski definition) is 5. The maximum absolute atomic E-state index is 13.3. The summed E-state index contributed by atoms with van der Waals surface area (Å²) in [5, 5.41) is 5.06. The molecule has 2 saturated heterocycles. The van der Waals surface area contributed by atoms with Crippen molar-refractivity contribution in [2.75, 3.05) is 13.2 Å². The number of para-hydroxylation sites is 1. The molecule has 0 aliphatic carbocycles. The Morgan fingerprint density at radius 1 is 1.32 bits per heavy atom. The van der Waals surface area contributed by atoms with Crippen molar-refractivity contribution >= 4 is 23.2 Å². The van der Waals surface area contributed by atoms with Gasteiger partial charge in [0.15, 0.2) is 0 Å². The summed E-state index contributed by atoms with van der Waals surface area (Å²) in [6.07, 6.45) is 3.14. The molecule has 7 heteroatoms. The predicted molar refractivity (Wildman–Crippen MR) is 107 cm³/mol. The molecule has 2 aromatic rings. The Hall–Kier alpha value is -2.41. The summed E-state index contributed by atoms with van der Waals surface area (Å²) >= 11 is 1.54. The lowest BCUT2D eigenvalue weighted by Gasteiger charge is -2.35. The van der Waals surface area contributed by atoms with Crippen LogP contribution in [0.25, 0.3) is 0 Å². The molecule has 3 heterocycles. The summed E-state index contributed by atoms with van der Waals surface area (Å²) in [7, 11) is 0. The summed E-state index contributed by atoms with van der Waals surface area (Å²) in [6.45, 7) is 2.45. The van der Waals surface area contributed by atoms with E-state index in [0.717, 1.165) is 24.3 Å². The molecule has 2 fully saturated rings. The molecule has 1 N–H and O–H groups in total. The van der Waals surface area contributed by atoms with Crippen LogP contribution >= 0.6 is 11.3 Å². The van der Waals surface area contributed by atoms with E-state index in [4.69, 9.17) is 4.74 Å². The highest BCUT2D eigenvalue weighted by molar-refractivity contribution is 7.07. The van der Waals surface area contributed by atoms with Gasteiger partial charge in [0.25, 0.3) is 0 Å². The van der Waals surface area contributed by atoms with Crippen LogP contribution in [0.5, 0.6) is 5.75 Å². The van der Waals surface area contributed by atoms with Crippen LogP contribution in [0, 0.1) is 5.41 Å². The van der Waals surface area contributed by atoms with Crippen molar-refractivity contribution in [3.8, 4) is 5.75 Å². The van der Waals surface area contributed by atoms with Crippen molar-refractivity contribution in [2.45, 2.75) is 44.7 Å². The van der Waals surface area contributed by atoms with Crippen LogP contribution in [-0.2, 0) is 16.0 Å². The highest BCUT2D eigenvalue weighted by Crippen LogP contribution is 2.51. The van der Waals surface area contributed by atoms with Gasteiger partial charge in [0.05, 0.1) is 23.2 Å². The molecule has 6 nitrogen and oxygen atoms in total. The first-order valence-electron chi connectivity index (χ1n) is 9.72. The highest BCUT2D eigenvalue weighted by atomic mass is 32.1. The second-order valence-corrected chi connectivity index (χ2v) is 8.33. The van der Waals surface area contributed by atoms with Gasteiger partial charge in [-0.3, -0.25) is 9.59 Å². The van der Waals surface area contributed by atoms with Crippen LogP contribution in [-0.4, -0.2) is 46.9 Å². The number of fused-ring (bicyclic) bond motifs is 2. The Morgan fingerprint density at radius 2 is 2.14 bits per heavy atom. The van der Waals surface area contributed by atoms with Gasteiger partial charge in [-0.2, -0.15) is 0 Å². The van der Waals surface area contributed by atoms with Gasteiger partial charge in [-0.15, -0.1) is 11.3 Å². The number of hydrogen-bond donors (Lipinski definition) is 1. The molecule has 2 bridgehead atoms. The monoisotopic (exact) mass is 399 g/mol. The number of rotatable bonds is 7. The van der Waals surface area contributed by atoms with Gasteiger partial charge in [0, 0.05) is 30.8 Å². The SMILES string of the molecule is CC(=O)N1[C@@H]2CC[C@H]1[C@@](Cc1cscn1)(C(=O)NCCOc1ccccc1)C2. The van der Waals surface area contributed by atoms with Gasteiger partial charge in [-0.1, -0.05) is 18.2 Å². The fourth-order valence-electron chi connectivity index (χ4n) is 4.85. The van der Waals surface area contributed by atoms with Gasteiger partial charge in [0.1, 0.15) is 12.4 Å². The maximum atomic E-state index is 13.3. The number of nitrogens with zero attached hydrogens (tertiary/aromatic N) is 2. The van der Waals surface area contributed by atoms with E-state index >= 15 is 0 Å². The number of thiazole rings is 1. The Labute approximate surface area is 168 Å². The van der Waals surface area contributed by atoms with Crippen molar-refractivity contribution in [1.29, 1.82) is 0 Å². The number of amides is 2. The first-order valence-corrected chi connectivity index (χ1v) is 10.7. The Morgan fingerprint density at radius 3 is 2.82 bits per heavy atom. The quantitative estimate of drug-likeness (QED) is 0.727. The van der Waals surface area contributed by atoms with E-state index in [1.165, 1.54) is 11.3 Å². The Balaban J connectivity index is 1.45. The van der Waals surface area contributed by atoms with Gasteiger partial charge in [0.2, 0.25) is 11.8 Å². The average Bonchev–Trinajstić information content (AvgIpc) is 3.41. The summed E-state index contributed by atoms with van der Waals surface area (Å²) in [5.41, 5.74) is 2.12. The van der Waals surface area contributed by atoms with E-state index in [9.17, 15) is 9.59 Å². The average molecular weight is 400 g/mol. The first kappa shape index (κ1) is 18.9. The van der Waals surface area contributed by atoms with Crippen molar-refractivity contribution in [3.63, 3.8) is 0 Å². The molecule has 4 rings (SSSR count). The zero-order chi connectivity index (χ0) is 19.6. The standard InChI is InChI=1S/C21H25N3O3S/c1-15(25)24-17-7-8-19(24)21(12-17,11-16-13-28-14-23-16)20(26)22-9-10-27-18-5-3-2-4-6-18/h2-6,13-14,17,19H,7-12H2,1H3,(H,22,26)/t17-,19+,21+/m1/s1. The maximum Gasteiger partial charge on any atom is 0.228 e. The van der Waals surface area contributed by atoms with Crippen molar-refractivity contribution in [2.24, 2.45) is 5.41 Å². The third kappa shape index (κ3) is 3.51. The second-order valence-electron chi connectivity index (χ2n) is 7.61. The predicted octanol–water partition coefficient (Wildman–Crippen LogP) is 2.65. The minimum Gasteiger partial charge on any atom is -0.492 e. The highest BCUT2D eigenvalue weighted by Gasteiger charge is 2.60. The second kappa shape index (κ2) is 7.91. The van der Waals surface area contributed by atoms with Crippen LogP contribution in [0.3, 0.4) is 0 Å². The fourth-order valence-corrected chi connectivity index (χ4v) is 5.41. The number of nitrogens with one attached hydrogen (secondary N) is 1. The summed E-state index contributed by atoms with van der Waals surface area (Å²) in [4.78, 5) is 31.9. The van der Waals surface area contributed by atoms with E-state index < -0.39 is 5.41 Å². The zero-order valence-corrected chi connectivity index (χ0v) is 16.8. The third-order valence-corrected chi connectivity index (χ3v) is 6.57. The molecule has 2 aliphatic rings. The van der Waals surface area contributed by atoms with Crippen LogP contribution in [0.1, 0.15) is 31.9 Å². The fraction of sp³-hybridized carbons (Fsp3) is 0.476. The molecule has 28 heavy (non-hydrogen) atoms. The molecule has 148 valence electrons. The third-order valence-electron chi connectivity index (χ3n) is 5.94. The topological polar surface area (TPSA) is 71.5 Å². The molecule has 0 saturated carbocycles. The lowest BCUT2D eigenvalue weighted by molar-refractivity contribution is -0.135. The van der Waals surface area contributed by atoms with E-state index in [0.29, 0.717) is 26.0 Å². The summed E-state index contributed by atoms with van der Waals surface area (Å²) in [6, 6.07) is 9.68. The van der Waals surface area contributed by atoms with Gasteiger partial charge < -0.3 is 15.0 Å². The molecule has 0 unspecified atom stereocenters. The molecule has 2 amide bonds. The lowest BCUT2D eigenvalue weighted by Crippen LogP contribution is -2.51. The van der Waals surface area contributed by atoms with E-state index in [1.807, 2.05) is 40.6 Å². The smallest absolute Gasteiger partial charge is 0.228 e. The van der Waals surface area contributed by atoms with Crippen LogP contribution in [0.15, 0.2) is 41.2 Å². The number of aromatic nitrogens is 1. The molecule has 1 aromatic heterocycles. The largest absolute Gasteiger partial charge is 0.492 e. The van der Waals surface area contributed by atoms with Gasteiger partial charge in [-0.25, -0.2) is 4.98 Å². The van der Waals surface area contributed by atoms with E-state index in [-0.39, 0.29) is 23.9 Å². The molecular weight excluding hydrogens is 374 g/mol. The number of ether oxygens (including phenoxy) is 1. The Bertz CT molecular complexity index is 827. The van der Waals surface area contributed by atoms with E-state index in [1.54, 1.807) is 12.4 Å². The van der Waals surface area contributed by atoms with Gasteiger partial charge in [-0.05, 0) is 31.4 Å². The van der Waals surface area contributed by atoms with Gasteiger partial charge >= 0.3 is 0 Å². The van der Waals surface area contributed by atoms with Crippen molar-refractivity contribution in [3.05, 3.63) is 46.9 Å². The number of carbonyl (C=O) groups is 2. The van der Waals surface area contributed by atoms with Crippen LogP contribution in [0.4, 0.5) is 0 Å². The lowest BCUT2D eigenvalue weighted by atomic mass is 9.70. The summed E-state index contributed by atoms with van der Waals surface area (Å²) in [5.74, 6) is 0.861.